The quantitative estimate of drug-likeness (QED) is 0.176. The molecule has 0 bridgehead atoms. The van der Waals surface area contributed by atoms with Gasteiger partial charge in [0.2, 0.25) is 0 Å². The first-order valence-corrected chi connectivity index (χ1v) is 9.41. The minimum Gasteiger partial charge on any atom is -0.302 e. The van der Waals surface area contributed by atoms with Gasteiger partial charge >= 0.3 is 31.3 Å². The van der Waals surface area contributed by atoms with Crippen molar-refractivity contribution in [1.29, 1.82) is 0 Å². The van der Waals surface area contributed by atoms with Crippen LogP contribution in [0.1, 0.15) is 0 Å². The Morgan fingerprint density at radius 3 is 1.05 bits per heavy atom. The number of phosphoric acid groups is 4. The lowest BCUT2D eigenvalue weighted by Gasteiger charge is -2.15. The second-order valence-corrected chi connectivity index (χ2v) is 7.39. The molecule has 0 unspecified atom stereocenters. The van der Waals surface area contributed by atoms with E-state index >= 15 is 0 Å². The maximum absolute atomic E-state index is 11.2. The van der Waals surface area contributed by atoms with Crippen molar-refractivity contribution in [3.63, 3.8) is 0 Å². The van der Waals surface area contributed by atoms with Gasteiger partial charge in [0, 0.05) is 0 Å². The molecule has 0 rings (SSSR count). The molecule has 6 N–H and O–H groups in total. The van der Waals surface area contributed by atoms with Crippen LogP contribution in [0, 0.1) is 0 Å². The summed E-state index contributed by atoms with van der Waals surface area (Å²) in [5, 5.41) is 0. The first kappa shape index (κ1) is 19.5. The van der Waals surface area contributed by atoms with Crippen molar-refractivity contribution in [3.05, 3.63) is 0 Å². The van der Waals surface area contributed by atoms with E-state index in [4.69, 9.17) is 29.4 Å². The molecular weight excluding hydrogens is 364 g/mol. The van der Waals surface area contributed by atoms with Crippen molar-refractivity contribution in [1.82, 2.24) is 0 Å². The van der Waals surface area contributed by atoms with Gasteiger partial charge in [-0.15, -0.1) is 18.7 Å². The van der Waals surface area contributed by atoms with Crippen molar-refractivity contribution in [3.8, 4) is 0 Å². The first-order chi connectivity index (χ1) is 8.12. The highest BCUT2D eigenvalue weighted by Gasteiger charge is 2.43. The fourth-order valence-electron chi connectivity index (χ4n) is 0.338. The molecule has 0 aliphatic rings. The summed E-state index contributed by atoms with van der Waals surface area (Å²) in [6.45, 7) is 0. The summed E-state index contributed by atoms with van der Waals surface area (Å²) in [6.07, 6.45) is 0. The Kier molecular flexibility index (Phi) is 6.66. The highest BCUT2D eigenvalue weighted by atomic mass is 31.3. The van der Waals surface area contributed by atoms with E-state index in [0.29, 0.717) is 0 Å². The molecule has 0 aromatic heterocycles. The SMILES string of the molecule is O=P(O)(O)OOP(=O)(OOP(=O)(O)O)OP(=O)(O)O. The predicted octanol–water partition coefficient (Wildman–Crippen LogP) is -0.714. The second-order valence-electron chi connectivity index (χ2n) is 2.30. The Bertz CT molecular complexity index is 436. The van der Waals surface area contributed by atoms with Gasteiger partial charge in [0.1, 0.15) is 0 Å². The van der Waals surface area contributed by atoms with Crippen molar-refractivity contribution in [2.24, 2.45) is 0 Å². The summed E-state index contributed by atoms with van der Waals surface area (Å²) in [5.74, 6) is 0. The zero-order chi connectivity index (χ0) is 15.5. The van der Waals surface area contributed by atoms with Gasteiger partial charge in [-0.05, 0) is 0 Å². The Morgan fingerprint density at radius 2 is 0.842 bits per heavy atom. The molecule has 0 aliphatic carbocycles. The van der Waals surface area contributed by atoms with Crippen LogP contribution in [0.25, 0.3) is 0 Å². The van der Waals surface area contributed by atoms with Crippen LogP contribution in [-0.2, 0) is 41.3 Å². The largest absolute Gasteiger partial charge is 0.539 e. The third kappa shape index (κ3) is 12.0. The third-order valence-corrected chi connectivity index (χ3v) is 3.59. The van der Waals surface area contributed by atoms with Crippen molar-refractivity contribution >= 4 is 31.3 Å². The van der Waals surface area contributed by atoms with Gasteiger partial charge in [-0.1, -0.05) is 0 Å². The topological polar surface area (TPSA) is 236 Å². The van der Waals surface area contributed by atoms with Crippen LogP contribution in [0.4, 0.5) is 0 Å². The van der Waals surface area contributed by atoms with E-state index < -0.39 is 31.3 Å². The monoisotopic (exact) mass is 370 g/mol. The highest BCUT2D eigenvalue weighted by Crippen LogP contribution is 2.64. The van der Waals surface area contributed by atoms with Gasteiger partial charge in [-0.2, -0.15) is 4.31 Å². The van der Waals surface area contributed by atoms with Gasteiger partial charge in [0.05, 0.1) is 0 Å². The molecule has 0 aliphatic heterocycles. The van der Waals surface area contributed by atoms with E-state index in [-0.39, 0.29) is 0 Å². The van der Waals surface area contributed by atoms with Crippen molar-refractivity contribution in [2.45, 2.75) is 0 Å². The maximum Gasteiger partial charge on any atom is 0.539 e. The molecule has 0 saturated heterocycles. The van der Waals surface area contributed by atoms with Gasteiger partial charge in [0.15, 0.2) is 0 Å². The third-order valence-electron chi connectivity index (χ3n) is 0.650. The number of rotatable bonds is 8. The van der Waals surface area contributed by atoms with Crippen LogP contribution >= 0.6 is 31.3 Å². The highest BCUT2D eigenvalue weighted by molar-refractivity contribution is 7.61. The zero-order valence-corrected chi connectivity index (χ0v) is 11.7. The van der Waals surface area contributed by atoms with Crippen LogP contribution in [0.3, 0.4) is 0 Å². The Morgan fingerprint density at radius 1 is 0.526 bits per heavy atom. The zero-order valence-electron chi connectivity index (χ0n) is 8.15. The Balaban J connectivity index is 4.93. The average Bonchev–Trinajstić information content (AvgIpc) is 2.07. The smallest absolute Gasteiger partial charge is 0.302 e. The van der Waals surface area contributed by atoms with E-state index in [1.165, 1.54) is 0 Å². The maximum atomic E-state index is 11.2. The van der Waals surface area contributed by atoms with Crippen LogP contribution in [0.15, 0.2) is 0 Å². The summed E-state index contributed by atoms with van der Waals surface area (Å²) in [7, 11) is -22.3. The molecule has 0 atom stereocenters. The normalized spacial score (nSPS) is 14.6. The van der Waals surface area contributed by atoms with Crippen LogP contribution in [-0.4, -0.2) is 29.4 Å². The standard InChI is InChI=1S/H6O15P4/c1-16(2,3)11-13-19(10,15-18(7,8)9)14-12-17(4,5)6/h(H2,1,2,3)(H2,4,5,6)(H2,7,8,9). The van der Waals surface area contributed by atoms with Crippen LogP contribution < -0.4 is 0 Å². The summed E-state index contributed by atoms with van der Waals surface area (Å²) >= 11 is 0. The van der Waals surface area contributed by atoms with Crippen molar-refractivity contribution in [2.75, 3.05) is 0 Å². The molecule has 0 amide bonds. The fraction of sp³-hybridized carbons (Fsp3) is 0. The minimum absolute atomic E-state index is 3.08. The molecule has 116 valence electrons. The van der Waals surface area contributed by atoms with E-state index in [9.17, 15) is 18.3 Å². The van der Waals surface area contributed by atoms with E-state index in [2.05, 4.69) is 23.0 Å². The Hall–Kier alpha value is 0.480. The molecule has 19 heteroatoms. The lowest BCUT2D eigenvalue weighted by atomic mass is 14.9. The molecule has 0 aromatic carbocycles. The van der Waals surface area contributed by atoms with Gasteiger partial charge in [-0.3, -0.25) is 0 Å². The fourth-order valence-corrected chi connectivity index (χ4v) is 2.97. The predicted molar refractivity (Wildman–Crippen MR) is 49.2 cm³/mol. The molecule has 19 heavy (non-hydrogen) atoms. The van der Waals surface area contributed by atoms with Gasteiger partial charge in [-0.25, -0.2) is 18.3 Å². The van der Waals surface area contributed by atoms with E-state index in [1.807, 2.05) is 0 Å². The molecular formula is H6O15P4. The molecule has 0 fully saturated rings. The summed E-state index contributed by atoms with van der Waals surface area (Å²) < 4.78 is 57.8. The Labute approximate surface area is 103 Å². The van der Waals surface area contributed by atoms with Gasteiger partial charge < -0.3 is 29.4 Å². The molecule has 0 aromatic rings. The lowest BCUT2D eigenvalue weighted by Crippen LogP contribution is -2.00. The van der Waals surface area contributed by atoms with Crippen LogP contribution in [0.5, 0.6) is 0 Å². The van der Waals surface area contributed by atoms with Crippen LogP contribution in [0.2, 0.25) is 0 Å². The molecule has 0 heterocycles. The second kappa shape index (κ2) is 6.50. The van der Waals surface area contributed by atoms with Crippen molar-refractivity contribution < 1.29 is 70.6 Å². The van der Waals surface area contributed by atoms with E-state index in [0.717, 1.165) is 0 Å². The molecule has 0 saturated carbocycles. The van der Waals surface area contributed by atoms with E-state index in [1.54, 1.807) is 0 Å². The minimum atomic E-state index is -5.73. The summed E-state index contributed by atoms with van der Waals surface area (Å²) in [4.78, 5) is 49.1. The molecule has 0 radical (unpaired) electrons. The molecule has 15 nitrogen and oxygen atoms in total. The lowest BCUT2D eigenvalue weighted by molar-refractivity contribution is -0.203. The number of hydrogen-bond acceptors (Lipinski definition) is 9. The molecule has 0 spiro atoms. The van der Waals surface area contributed by atoms with Gasteiger partial charge in [0.25, 0.3) is 0 Å². The first-order valence-electron chi connectivity index (χ1n) is 3.36. The number of hydrogen-bond donors (Lipinski definition) is 6. The summed E-state index contributed by atoms with van der Waals surface area (Å²) in [5.41, 5.74) is 0. The summed E-state index contributed by atoms with van der Waals surface area (Å²) in [6, 6.07) is 0. The average molecular weight is 370 g/mol.